The Morgan fingerprint density at radius 1 is 0.463 bits per heavy atom. The Bertz CT molecular complexity index is 2730. The number of rotatable bonds is 33. The van der Waals surface area contributed by atoms with Crippen molar-refractivity contribution in [1.29, 1.82) is 0 Å². The van der Waals surface area contributed by atoms with Crippen molar-refractivity contribution < 1.29 is 48.9 Å². The number of halogens is 2. The molecule has 5 aromatic carbocycles. The summed E-state index contributed by atoms with van der Waals surface area (Å²) >= 11 is 12.1. The van der Waals surface area contributed by atoms with Gasteiger partial charge in [0.05, 0.1) is 12.1 Å². The second kappa shape index (κ2) is 37.0. The lowest BCUT2D eigenvalue weighted by Gasteiger charge is -2.22. The minimum atomic E-state index is -1.59. The Balaban J connectivity index is 0.000000349. The van der Waals surface area contributed by atoms with Crippen molar-refractivity contribution in [2.75, 3.05) is 18.0 Å². The Labute approximate surface area is 482 Å². The van der Waals surface area contributed by atoms with Gasteiger partial charge in [-0.2, -0.15) is 0 Å². The number of nitrogens with one attached hydrogen (secondary N) is 2. The van der Waals surface area contributed by atoms with Gasteiger partial charge in [0.25, 0.3) is 11.8 Å². The molecule has 0 atom stereocenters. The lowest BCUT2D eigenvalue weighted by Crippen LogP contribution is -2.36. The van der Waals surface area contributed by atoms with E-state index < -0.39 is 29.7 Å². The van der Waals surface area contributed by atoms with Crippen LogP contribution in [0.25, 0.3) is 11.1 Å². The fourth-order valence-corrected chi connectivity index (χ4v) is 9.56. The highest BCUT2D eigenvalue weighted by atomic mass is 35.5. The second-order valence-corrected chi connectivity index (χ2v) is 20.9. The fraction of sp³-hybridized carbons (Fsp3) is 0.422. The number of unbranched alkanes of at least 4 members (excludes halogenated alkanes) is 18. The zero-order chi connectivity index (χ0) is 58.1. The fourth-order valence-electron chi connectivity index (χ4n) is 9.09. The van der Waals surface area contributed by atoms with Gasteiger partial charge in [-0.15, -0.1) is 0 Å². The molecule has 430 valence electrons. The van der Waals surface area contributed by atoms with Gasteiger partial charge in [-0.25, -0.2) is 14.4 Å². The Kier molecular flexibility index (Phi) is 30.3. The van der Waals surface area contributed by atoms with Crippen LogP contribution in [0.2, 0.25) is 10.0 Å². The van der Waals surface area contributed by atoms with Crippen LogP contribution in [0.4, 0.5) is 5.69 Å². The number of carbonyl (C=O) groups excluding carboxylic acids is 4. The monoisotopic (exact) mass is 1130 g/mol. The molecule has 0 unspecified atom stereocenters. The van der Waals surface area contributed by atoms with Gasteiger partial charge in [-0.3, -0.25) is 24.1 Å². The molecular formula is C64H80Cl2N4O10. The van der Waals surface area contributed by atoms with E-state index in [1.807, 2.05) is 0 Å². The zero-order valence-electron chi connectivity index (χ0n) is 46.5. The molecule has 0 aliphatic carbocycles. The van der Waals surface area contributed by atoms with E-state index >= 15 is 0 Å². The van der Waals surface area contributed by atoms with Crippen LogP contribution in [0.1, 0.15) is 190 Å². The molecule has 14 nitrogen and oxygen atoms in total. The van der Waals surface area contributed by atoms with Crippen molar-refractivity contribution in [2.45, 2.75) is 162 Å². The second-order valence-electron chi connectivity index (χ2n) is 20.1. The lowest BCUT2D eigenvalue weighted by molar-refractivity contribution is -0.156. The normalized spacial score (nSPS) is 10.8. The molecule has 80 heavy (non-hydrogen) atoms. The van der Waals surface area contributed by atoms with E-state index in [0.717, 1.165) is 30.6 Å². The van der Waals surface area contributed by atoms with Gasteiger partial charge in [0, 0.05) is 53.0 Å². The third kappa shape index (κ3) is 23.7. The van der Waals surface area contributed by atoms with E-state index in [1.165, 1.54) is 114 Å². The van der Waals surface area contributed by atoms with E-state index in [1.54, 1.807) is 109 Å². The number of aromatic carboxylic acids is 1. The molecule has 0 saturated heterocycles. The number of anilines is 1. The molecule has 0 aliphatic rings. The summed E-state index contributed by atoms with van der Waals surface area (Å²) in [7, 11) is 0. The summed E-state index contributed by atoms with van der Waals surface area (Å²) in [5.41, 5.74) is 4.58. The third-order valence-corrected chi connectivity index (χ3v) is 14.3. The molecule has 5 aromatic rings. The van der Waals surface area contributed by atoms with E-state index in [9.17, 15) is 48.9 Å². The molecule has 5 N–H and O–H groups in total. The molecule has 0 saturated carbocycles. The molecule has 0 aliphatic heterocycles. The van der Waals surface area contributed by atoms with Crippen molar-refractivity contribution >= 4 is 70.4 Å². The molecule has 0 aromatic heterocycles. The van der Waals surface area contributed by atoms with Gasteiger partial charge in [0.1, 0.15) is 0 Å². The average molecular weight is 1140 g/mol. The summed E-state index contributed by atoms with van der Waals surface area (Å²) in [4.78, 5) is 86.8. The van der Waals surface area contributed by atoms with E-state index in [-0.39, 0.29) is 37.0 Å². The minimum Gasteiger partial charge on any atom is -0.478 e. The number of nitrogens with zero attached hydrogens (tertiary/aromatic N) is 2. The molecule has 5 rings (SSSR count). The summed E-state index contributed by atoms with van der Waals surface area (Å²) < 4.78 is 0. The third-order valence-electron chi connectivity index (χ3n) is 13.7. The molecule has 0 radical (unpaired) electrons. The number of hydrogen-bond donors (Lipinski definition) is 5. The van der Waals surface area contributed by atoms with Crippen molar-refractivity contribution in [3.8, 4) is 11.1 Å². The van der Waals surface area contributed by atoms with Crippen LogP contribution in [0.3, 0.4) is 0 Å². The minimum absolute atomic E-state index is 0.0161. The summed E-state index contributed by atoms with van der Waals surface area (Å²) in [6.45, 7) is 5.78. The largest absolute Gasteiger partial charge is 0.478 e. The van der Waals surface area contributed by atoms with Crippen LogP contribution in [0.15, 0.2) is 115 Å². The molecule has 0 spiro atoms. The first-order chi connectivity index (χ1) is 38.6. The summed E-state index contributed by atoms with van der Waals surface area (Å²) in [5.74, 6) is -6.65. The molecule has 0 heterocycles. The quantitative estimate of drug-likeness (QED) is 0.0198. The number of carbonyl (C=O) groups is 7. The Morgan fingerprint density at radius 3 is 1.34 bits per heavy atom. The van der Waals surface area contributed by atoms with Crippen LogP contribution >= 0.6 is 23.2 Å². The number of aliphatic carboxylic acids is 2. The van der Waals surface area contributed by atoms with Crippen LogP contribution in [-0.4, -0.2) is 74.8 Å². The van der Waals surface area contributed by atoms with Crippen LogP contribution in [0, 0.1) is 0 Å². The highest BCUT2D eigenvalue weighted by Crippen LogP contribution is 2.28. The predicted molar refractivity (Wildman–Crippen MR) is 317 cm³/mol. The maximum Gasteiger partial charge on any atom is 0.394 e. The lowest BCUT2D eigenvalue weighted by atomic mass is 9.99. The van der Waals surface area contributed by atoms with E-state index in [4.69, 9.17) is 23.2 Å². The predicted octanol–water partition coefficient (Wildman–Crippen LogP) is 14.6. The molecule has 0 bridgehead atoms. The smallest absolute Gasteiger partial charge is 0.394 e. The van der Waals surface area contributed by atoms with Crippen LogP contribution in [0.5, 0.6) is 0 Å². The first kappa shape index (κ1) is 65.5. The highest BCUT2D eigenvalue weighted by Gasteiger charge is 2.25. The Morgan fingerprint density at radius 2 is 0.900 bits per heavy atom. The maximum absolute atomic E-state index is 12.6. The summed E-state index contributed by atoms with van der Waals surface area (Å²) in [6.07, 6.45) is 24.8. The van der Waals surface area contributed by atoms with Gasteiger partial charge in [0.2, 0.25) is 0 Å². The zero-order valence-corrected chi connectivity index (χ0v) is 48.0. The SMILES string of the molecule is CCCCCCCCCCCCNC(=O)c1ccc(CN(C(=O)C(=O)O)c2ccc(-c3ccccc3C(=O)O)cc2)cc1.CCCCCCCCCCCCNC(=O)c1ccc(CN(Cc2ccc(Cl)cc2Cl)C(=O)C(=O)O)cc1. The van der Waals surface area contributed by atoms with Crippen LogP contribution in [-0.2, 0) is 38.8 Å². The highest BCUT2D eigenvalue weighted by molar-refractivity contribution is 6.37. The summed E-state index contributed by atoms with van der Waals surface area (Å²) in [6, 6.07) is 31.4. The number of amides is 4. The first-order valence-electron chi connectivity index (χ1n) is 28.3. The maximum atomic E-state index is 12.6. The van der Waals surface area contributed by atoms with Gasteiger partial charge >= 0.3 is 29.7 Å². The van der Waals surface area contributed by atoms with Crippen molar-refractivity contribution in [3.63, 3.8) is 0 Å². The van der Waals surface area contributed by atoms with Gasteiger partial charge in [-0.1, -0.05) is 213 Å². The van der Waals surface area contributed by atoms with Gasteiger partial charge < -0.3 is 30.9 Å². The van der Waals surface area contributed by atoms with Gasteiger partial charge in [0.15, 0.2) is 0 Å². The van der Waals surface area contributed by atoms with E-state index in [2.05, 4.69) is 24.5 Å². The topological polar surface area (TPSA) is 211 Å². The van der Waals surface area contributed by atoms with Gasteiger partial charge in [-0.05, 0) is 95.3 Å². The molecular weight excluding hydrogens is 1060 g/mol. The van der Waals surface area contributed by atoms with Crippen molar-refractivity contribution in [3.05, 3.63) is 159 Å². The first-order valence-corrected chi connectivity index (χ1v) is 29.1. The number of benzene rings is 5. The van der Waals surface area contributed by atoms with Crippen molar-refractivity contribution in [2.24, 2.45) is 0 Å². The molecule has 16 heteroatoms. The average Bonchev–Trinajstić information content (AvgIpc) is 3.45. The summed E-state index contributed by atoms with van der Waals surface area (Å²) in [5, 5.41) is 34.9. The van der Waals surface area contributed by atoms with Crippen LogP contribution < -0.4 is 15.5 Å². The standard InChI is InChI=1S/C35H42N2O6.C29H38Cl2N2O4/c1-2-3-4-5-6-7-8-9-10-13-24-36-32(38)28-18-16-26(17-19-28)25-37(33(39)35(42)43)29-22-20-27(21-23-29)30-14-11-12-15-31(30)34(40)41;1-2-3-4-5-6-7-8-9-10-11-18-32-27(34)23-14-12-22(13-15-23)20-33(28(35)29(36)37)21-24-16-17-25(30)19-26(24)31/h11-12,14-23H,2-10,13,24-25H2,1H3,(H,36,38)(H,40,41)(H,42,43);12-17,19H,2-11,18,20-21H2,1H3,(H,32,34)(H,36,37). The Hall–Kier alpha value is -7.03. The molecule has 0 fully saturated rings. The number of hydrogen-bond acceptors (Lipinski definition) is 7. The van der Waals surface area contributed by atoms with Crippen molar-refractivity contribution in [1.82, 2.24) is 15.5 Å². The van der Waals surface area contributed by atoms with E-state index in [0.29, 0.717) is 67.8 Å². The number of carboxylic acid groups (broad SMARTS) is 3. The number of carboxylic acids is 3. The molecule has 4 amide bonds.